The Hall–Kier alpha value is -0.880. The molecule has 0 aliphatic carbocycles. The Morgan fingerprint density at radius 3 is 2.73 bits per heavy atom. The molecule has 0 unspecified atom stereocenters. The number of hydrogen-bond acceptors (Lipinski definition) is 2. The van der Waals surface area contributed by atoms with Gasteiger partial charge in [0.2, 0.25) is 0 Å². The van der Waals surface area contributed by atoms with Crippen LogP contribution in [0.25, 0.3) is 0 Å². The lowest BCUT2D eigenvalue weighted by atomic mass is 9.76. The Balaban J connectivity index is 1.90. The van der Waals surface area contributed by atoms with E-state index in [9.17, 15) is 9.90 Å². The number of halogens is 1. The van der Waals surface area contributed by atoms with Crippen LogP contribution in [0.5, 0.6) is 0 Å². The van der Waals surface area contributed by atoms with E-state index in [4.69, 9.17) is 0 Å². The van der Waals surface area contributed by atoms with Gasteiger partial charge < -0.3 is 5.11 Å². The molecule has 2 bridgehead atoms. The van der Waals surface area contributed by atoms with Gasteiger partial charge in [0, 0.05) is 24.5 Å². The van der Waals surface area contributed by atoms with Crippen LogP contribution in [0.4, 0.5) is 0 Å². The van der Waals surface area contributed by atoms with Crippen molar-refractivity contribution in [3.05, 3.63) is 45.6 Å². The number of fused-ring (bicyclic) bond motifs is 2. The fraction of sp³-hybridized carbons (Fsp3) is 0.500. The van der Waals surface area contributed by atoms with Crippen LogP contribution in [-0.2, 0) is 4.79 Å². The molecule has 2 aliphatic heterocycles. The molecule has 2 saturated heterocycles. The maximum Gasteiger partial charge on any atom is 0.308 e. The van der Waals surface area contributed by atoms with Crippen molar-refractivity contribution in [2.24, 2.45) is 5.92 Å². The summed E-state index contributed by atoms with van der Waals surface area (Å²) in [5.74, 6) is -0.779. The predicted octanol–water partition coefficient (Wildman–Crippen LogP) is 3.96. The second-order valence-corrected chi connectivity index (χ2v) is 7.19. The maximum absolute atomic E-state index is 12.0. The largest absolute Gasteiger partial charge is 0.481 e. The molecule has 1 aromatic carbocycles. The molecule has 0 spiro atoms. The van der Waals surface area contributed by atoms with E-state index < -0.39 is 5.97 Å². The van der Waals surface area contributed by atoms with Crippen LogP contribution in [-0.4, -0.2) is 34.6 Å². The van der Waals surface area contributed by atoms with E-state index in [1.165, 1.54) is 11.1 Å². The monoisotopic (exact) mass is 411 g/mol. The number of hydrogen-bond donors (Lipinski definition) is 1. The number of aryl methyl sites for hydroxylation is 1. The summed E-state index contributed by atoms with van der Waals surface area (Å²) < 4.78 is 2.03. The summed E-state index contributed by atoms with van der Waals surface area (Å²) in [6.07, 6.45) is 5.24. The first-order valence-electron chi connectivity index (χ1n) is 7.92. The van der Waals surface area contributed by atoms with E-state index in [2.05, 4.69) is 64.8 Å². The van der Waals surface area contributed by atoms with E-state index in [0.29, 0.717) is 6.04 Å². The number of nitrogens with zero attached hydrogens (tertiary/aromatic N) is 1. The zero-order valence-corrected chi connectivity index (χ0v) is 14.9. The van der Waals surface area contributed by atoms with Crippen LogP contribution in [0.1, 0.15) is 36.3 Å². The number of aliphatic carboxylic acids is 1. The van der Waals surface area contributed by atoms with Crippen LogP contribution in [0.3, 0.4) is 0 Å². The van der Waals surface area contributed by atoms with Crippen molar-refractivity contribution in [1.82, 2.24) is 4.90 Å². The third-order valence-electron chi connectivity index (χ3n) is 5.26. The number of carboxylic acid groups (broad SMARTS) is 1. The van der Waals surface area contributed by atoms with Gasteiger partial charge in [-0.15, -0.1) is 0 Å². The molecule has 2 aliphatic rings. The SMILES string of the molecule is Cc1ccc([C@H]2C[C@@H]3CC[C@H]([C@H]2C(=O)O)N3C/C=C/I)cc1. The first kappa shape index (κ1) is 16.0. The van der Waals surface area contributed by atoms with Gasteiger partial charge in [-0.05, 0) is 35.8 Å². The average Bonchev–Trinajstić information content (AvgIpc) is 2.76. The minimum absolute atomic E-state index is 0.149. The van der Waals surface area contributed by atoms with Crippen LogP contribution in [0, 0.1) is 12.8 Å². The molecule has 22 heavy (non-hydrogen) atoms. The number of carbonyl (C=O) groups is 1. The standard InChI is InChI=1S/C18H22INO2/c1-12-3-5-13(6-4-12)15-11-14-7-8-16(17(15)18(21)22)20(14)10-2-9-19/h2-6,9,14-17H,7-8,10-11H2,1H3,(H,21,22)/b9-2+/t14-,15+,16+,17-/m0/s1. The van der Waals surface area contributed by atoms with E-state index >= 15 is 0 Å². The van der Waals surface area contributed by atoms with Crippen molar-refractivity contribution in [1.29, 1.82) is 0 Å². The van der Waals surface area contributed by atoms with E-state index in [0.717, 1.165) is 25.8 Å². The second kappa shape index (κ2) is 6.71. The summed E-state index contributed by atoms with van der Waals surface area (Å²) in [5.41, 5.74) is 2.42. The van der Waals surface area contributed by atoms with Crippen molar-refractivity contribution in [3.63, 3.8) is 0 Å². The number of benzene rings is 1. The predicted molar refractivity (Wildman–Crippen MR) is 96.3 cm³/mol. The lowest BCUT2D eigenvalue weighted by Crippen LogP contribution is -2.50. The molecule has 0 amide bonds. The molecule has 4 atom stereocenters. The minimum atomic E-state index is -0.639. The minimum Gasteiger partial charge on any atom is -0.481 e. The molecule has 3 nitrogen and oxygen atoms in total. The number of piperidine rings is 1. The molecular formula is C18H22INO2. The number of carboxylic acids is 1. The maximum atomic E-state index is 12.0. The highest BCUT2D eigenvalue weighted by Gasteiger charge is 2.50. The summed E-state index contributed by atoms with van der Waals surface area (Å²) in [6, 6.07) is 9.14. The van der Waals surface area contributed by atoms with Gasteiger partial charge in [0.05, 0.1) is 5.92 Å². The van der Waals surface area contributed by atoms with Gasteiger partial charge in [0.15, 0.2) is 0 Å². The molecule has 2 heterocycles. The van der Waals surface area contributed by atoms with Crippen molar-refractivity contribution >= 4 is 28.6 Å². The second-order valence-electron chi connectivity index (χ2n) is 6.47. The zero-order valence-electron chi connectivity index (χ0n) is 12.8. The molecule has 4 heteroatoms. The Bertz CT molecular complexity index is 569. The highest BCUT2D eigenvalue weighted by Crippen LogP contribution is 2.46. The fourth-order valence-electron chi connectivity index (χ4n) is 4.25. The molecule has 0 saturated carbocycles. The molecule has 0 radical (unpaired) electrons. The Kier molecular flexibility index (Phi) is 4.88. The topological polar surface area (TPSA) is 40.5 Å². The smallest absolute Gasteiger partial charge is 0.308 e. The van der Waals surface area contributed by atoms with Crippen LogP contribution >= 0.6 is 22.6 Å². The first-order valence-corrected chi connectivity index (χ1v) is 9.16. The normalized spacial score (nSPS) is 31.7. The van der Waals surface area contributed by atoms with Crippen molar-refractivity contribution in [2.75, 3.05) is 6.54 Å². The fourth-order valence-corrected chi connectivity index (χ4v) is 4.48. The first-order chi connectivity index (χ1) is 10.6. The average molecular weight is 411 g/mol. The summed E-state index contributed by atoms with van der Waals surface area (Å²) in [4.78, 5) is 14.4. The van der Waals surface area contributed by atoms with Gasteiger partial charge in [-0.3, -0.25) is 9.69 Å². The van der Waals surface area contributed by atoms with Crippen LogP contribution in [0.15, 0.2) is 34.4 Å². The lowest BCUT2D eigenvalue weighted by molar-refractivity contribution is -0.146. The molecule has 2 fully saturated rings. The summed E-state index contributed by atoms with van der Waals surface area (Å²) >= 11 is 2.23. The molecule has 0 aromatic heterocycles. The van der Waals surface area contributed by atoms with Crippen molar-refractivity contribution in [2.45, 2.75) is 44.2 Å². The summed E-state index contributed by atoms with van der Waals surface area (Å²) in [7, 11) is 0. The Morgan fingerprint density at radius 2 is 2.09 bits per heavy atom. The van der Waals surface area contributed by atoms with Gasteiger partial charge in [0.25, 0.3) is 0 Å². The summed E-state index contributed by atoms with van der Waals surface area (Å²) in [5, 5.41) is 9.84. The highest BCUT2D eigenvalue weighted by atomic mass is 127. The van der Waals surface area contributed by atoms with Gasteiger partial charge in [0.1, 0.15) is 0 Å². The van der Waals surface area contributed by atoms with Crippen LogP contribution < -0.4 is 0 Å². The highest BCUT2D eigenvalue weighted by molar-refractivity contribution is 14.1. The van der Waals surface area contributed by atoms with Gasteiger partial charge >= 0.3 is 5.97 Å². The number of rotatable bonds is 4. The quantitative estimate of drug-likeness (QED) is 0.763. The third-order valence-corrected chi connectivity index (χ3v) is 5.77. The summed E-state index contributed by atoms with van der Waals surface area (Å²) in [6.45, 7) is 2.95. The molecule has 1 N–H and O–H groups in total. The Morgan fingerprint density at radius 1 is 1.36 bits per heavy atom. The Labute approximate surface area is 145 Å². The van der Waals surface area contributed by atoms with E-state index in [-0.39, 0.29) is 17.9 Å². The van der Waals surface area contributed by atoms with Crippen molar-refractivity contribution in [3.8, 4) is 0 Å². The van der Waals surface area contributed by atoms with Crippen LogP contribution in [0.2, 0.25) is 0 Å². The van der Waals surface area contributed by atoms with Gasteiger partial charge in [-0.25, -0.2) is 0 Å². The van der Waals surface area contributed by atoms with Gasteiger partial charge in [-0.1, -0.05) is 58.5 Å². The molecular weight excluding hydrogens is 389 g/mol. The van der Waals surface area contributed by atoms with E-state index in [1.807, 2.05) is 4.08 Å². The third kappa shape index (κ3) is 2.95. The van der Waals surface area contributed by atoms with Gasteiger partial charge in [-0.2, -0.15) is 0 Å². The molecule has 118 valence electrons. The molecule has 3 rings (SSSR count). The van der Waals surface area contributed by atoms with Crippen molar-refractivity contribution < 1.29 is 9.90 Å². The lowest BCUT2D eigenvalue weighted by Gasteiger charge is -2.42. The molecule has 1 aromatic rings. The van der Waals surface area contributed by atoms with E-state index in [1.54, 1.807) is 0 Å². The zero-order chi connectivity index (χ0) is 15.7.